The Hall–Kier alpha value is -0.810. The molecule has 1 aromatic heterocycles. The van der Waals surface area contributed by atoms with Gasteiger partial charge in [-0.15, -0.1) is 0 Å². The summed E-state index contributed by atoms with van der Waals surface area (Å²) < 4.78 is 27.9. The molecule has 4 nitrogen and oxygen atoms in total. The molecule has 0 saturated heterocycles. The molecule has 18 heavy (non-hydrogen) atoms. The van der Waals surface area contributed by atoms with Crippen LogP contribution in [0.25, 0.3) is 0 Å². The molecule has 0 radical (unpaired) electrons. The van der Waals surface area contributed by atoms with Gasteiger partial charge in [-0.05, 0) is 46.2 Å². The summed E-state index contributed by atoms with van der Waals surface area (Å²) in [6.07, 6.45) is 2.73. The fourth-order valence-electron chi connectivity index (χ4n) is 2.30. The summed E-state index contributed by atoms with van der Waals surface area (Å²) in [5, 5.41) is 3.24. The number of sulfone groups is 1. The first-order chi connectivity index (χ1) is 8.26. The lowest BCUT2D eigenvalue weighted by molar-refractivity contribution is 0.482. The van der Waals surface area contributed by atoms with Crippen LogP contribution < -0.4 is 5.32 Å². The molecule has 104 valence electrons. The second kappa shape index (κ2) is 5.89. The van der Waals surface area contributed by atoms with Crippen LogP contribution in [0.3, 0.4) is 0 Å². The highest BCUT2D eigenvalue weighted by Crippen LogP contribution is 2.29. The Balaban J connectivity index is 2.78. The highest BCUT2D eigenvalue weighted by molar-refractivity contribution is 7.90. The van der Waals surface area contributed by atoms with E-state index in [4.69, 9.17) is 4.42 Å². The van der Waals surface area contributed by atoms with Gasteiger partial charge < -0.3 is 9.73 Å². The maximum atomic E-state index is 11.1. The van der Waals surface area contributed by atoms with Crippen molar-refractivity contribution in [1.82, 2.24) is 5.32 Å². The maximum absolute atomic E-state index is 11.1. The molecular weight excluding hydrogens is 250 g/mol. The smallest absolute Gasteiger partial charge is 0.147 e. The van der Waals surface area contributed by atoms with Crippen molar-refractivity contribution in [2.45, 2.75) is 39.7 Å². The minimum absolute atomic E-state index is 0.157. The van der Waals surface area contributed by atoms with E-state index in [1.54, 1.807) is 0 Å². The Labute approximate surface area is 110 Å². The van der Waals surface area contributed by atoms with E-state index >= 15 is 0 Å². The zero-order valence-corrected chi connectivity index (χ0v) is 12.6. The molecule has 0 aliphatic carbocycles. The third-order valence-electron chi connectivity index (χ3n) is 3.32. The van der Waals surface area contributed by atoms with Gasteiger partial charge in [0.25, 0.3) is 0 Å². The van der Waals surface area contributed by atoms with E-state index in [0.29, 0.717) is 6.42 Å². The molecule has 1 rings (SSSR count). The third-order valence-corrected chi connectivity index (χ3v) is 4.35. The van der Waals surface area contributed by atoms with Crippen LogP contribution in [0.15, 0.2) is 4.42 Å². The van der Waals surface area contributed by atoms with E-state index < -0.39 is 9.84 Å². The number of aryl methyl sites for hydroxylation is 2. The molecule has 1 aromatic rings. The number of hydrogen-bond acceptors (Lipinski definition) is 4. The van der Waals surface area contributed by atoms with Crippen LogP contribution in [0.4, 0.5) is 0 Å². The first-order valence-electron chi connectivity index (χ1n) is 6.17. The zero-order valence-electron chi connectivity index (χ0n) is 11.8. The van der Waals surface area contributed by atoms with Crippen LogP contribution in [0, 0.1) is 20.8 Å². The van der Waals surface area contributed by atoms with Crippen LogP contribution in [0.5, 0.6) is 0 Å². The van der Waals surface area contributed by atoms with Crippen molar-refractivity contribution in [2.24, 2.45) is 0 Å². The number of furan rings is 1. The number of rotatable bonds is 6. The minimum atomic E-state index is -2.88. The van der Waals surface area contributed by atoms with Gasteiger partial charge in [-0.25, -0.2) is 8.42 Å². The van der Waals surface area contributed by atoms with Crippen molar-refractivity contribution in [3.05, 3.63) is 22.6 Å². The molecule has 5 heteroatoms. The molecule has 0 bridgehead atoms. The second-order valence-electron chi connectivity index (χ2n) is 4.87. The number of nitrogens with one attached hydrogen (secondary N) is 1. The molecular formula is C13H23NO3S. The molecule has 1 heterocycles. The molecule has 0 aliphatic heterocycles. The van der Waals surface area contributed by atoms with E-state index in [2.05, 4.69) is 5.32 Å². The highest BCUT2D eigenvalue weighted by Gasteiger charge is 2.19. The standard InChI is InChI=1S/C13H23NO3S/c1-9-10(2)17-11(3)13(9)12(14-4)7-6-8-18(5,15)16/h12,14H,6-8H2,1-5H3. The van der Waals surface area contributed by atoms with Gasteiger partial charge in [0.15, 0.2) is 0 Å². The van der Waals surface area contributed by atoms with E-state index in [1.165, 1.54) is 11.8 Å². The second-order valence-corrected chi connectivity index (χ2v) is 7.13. The average molecular weight is 273 g/mol. The Morgan fingerprint density at radius 1 is 1.22 bits per heavy atom. The van der Waals surface area contributed by atoms with Crippen LogP contribution in [0.2, 0.25) is 0 Å². The van der Waals surface area contributed by atoms with Crippen LogP contribution in [-0.2, 0) is 9.84 Å². The maximum Gasteiger partial charge on any atom is 0.147 e. The fourth-order valence-corrected chi connectivity index (χ4v) is 3.00. The predicted octanol–water partition coefficient (Wildman–Crippen LogP) is 2.29. The normalized spacial score (nSPS) is 13.8. The van der Waals surface area contributed by atoms with Gasteiger partial charge in [-0.3, -0.25) is 0 Å². The molecule has 1 atom stereocenters. The first kappa shape index (κ1) is 15.2. The zero-order chi connectivity index (χ0) is 13.9. The van der Waals surface area contributed by atoms with Crippen molar-refractivity contribution in [2.75, 3.05) is 19.1 Å². The Morgan fingerprint density at radius 2 is 1.83 bits per heavy atom. The molecule has 0 aromatic carbocycles. The summed E-state index contributed by atoms with van der Waals surface area (Å²) in [6.45, 7) is 5.95. The summed E-state index contributed by atoms with van der Waals surface area (Å²) in [5.74, 6) is 2.09. The molecule has 0 spiro atoms. The third kappa shape index (κ3) is 3.85. The van der Waals surface area contributed by atoms with E-state index in [-0.39, 0.29) is 11.8 Å². The molecule has 0 saturated carbocycles. The average Bonchev–Trinajstić information content (AvgIpc) is 2.48. The van der Waals surface area contributed by atoms with Crippen molar-refractivity contribution < 1.29 is 12.8 Å². The van der Waals surface area contributed by atoms with Gasteiger partial charge in [0.05, 0.1) is 0 Å². The quantitative estimate of drug-likeness (QED) is 0.864. The fraction of sp³-hybridized carbons (Fsp3) is 0.692. The van der Waals surface area contributed by atoms with Gasteiger partial charge in [0, 0.05) is 23.6 Å². The summed E-state index contributed by atoms with van der Waals surface area (Å²) in [5.41, 5.74) is 2.33. The predicted molar refractivity (Wildman–Crippen MR) is 73.7 cm³/mol. The Kier molecular flexibility index (Phi) is 4.99. The molecule has 0 amide bonds. The van der Waals surface area contributed by atoms with Gasteiger partial charge in [0.1, 0.15) is 21.4 Å². The highest BCUT2D eigenvalue weighted by atomic mass is 32.2. The lowest BCUT2D eigenvalue weighted by Gasteiger charge is -2.16. The monoisotopic (exact) mass is 273 g/mol. The molecule has 0 fully saturated rings. The number of hydrogen-bond donors (Lipinski definition) is 1. The van der Waals surface area contributed by atoms with Crippen molar-refractivity contribution in [3.63, 3.8) is 0 Å². The largest absolute Gasteiger partial charge is 0.466 e. The van der Waals surface area contributed by atoms with Crippen molar-refractivity contribution in [1.29, 1.82) is 0 Å². The van der Waals surface area contributed by atoms with Crippen LogP contribution in [-0.4, -0.2) is 27.5 Å². The molecule has 1 unspecified atom stereocenters. The lowest BCUT2D eigenvalue weighted by atomic mass is 9.98. The lowest BCUT2D eigenvalue weighted by Crippen LogP contribution is -2.18. The van der Waals surface area contributed by atoms with Crippen molar-refractivity contribution in [3.8, 4) is 0 Å². The van der Waals surface area contributed by atoms with E-state index in [9.17, 15) is 8.42 Å². The minimum Gasteiger partial charge on any atom is -0.466 e. The van der Waals surface area contributed by atoms with Crippen LogP contribution >= 0.6 is 0 Å². The van der Waals surface area contributed by atoms with Gasteiger partial charge >= 0.3 is 0 Å². The molecule has 1 N–H and O–H groups in total. The van der Waals surface area contributed by atoms with E-state index in [0.717, 1.165) is 23.5 Å². The SMILES string of the molecule is CNC(CCCS(C)(=O)=O)c1c(C)oc(C)c1C. The van der Waals surface area contributed by atoms with Gasteiger partial charge in [-0.2, -0.15) is 0 Å². The summed E-state index contributed by atoms with van der Waals surface area (Å²) in [4.78, 5) is 0. The van der Waals surface area contributed by atoms with Gasteiger partial charge in [0.2, 0.25) is 0 Å². The Morgan fingerprint density at radius 3 is 2.22 bits per heavy atom. The topological polar surface area (TPSA) is 59.3 Å². The first-order valence-corrected chi connectivity index (χ1v) is 8.23. The Bertz CT molecular complexity index is 503. The van der Waals surface area contributed by atoms with Gasteiger partial charge in [-0.1, -0.05) is 0 Å². The van der Waals surface area contributed by atoms with Crippen LogP contribution in [0.1, 0.15) is 41.5 Å². The van der Waals surface area contributed by atoms with E-state index in [1.807, 2.05) is 27.8 Å². The van der Waals surface area contributed by atoms with Crippen molar-refractivity contribution >= 4 is 9.84 Å². The summed E-state index contributed by atoms with van der Waals surface area (Å²) >= 11 is 0. The summed E-state index contributed by atoms with van der Waals surface area (Å²) in [6, 6.07) is 0.157. The summed E-state index contributed by atoms with van der Waals surface area (Å²) in [7, 11) is -0.981. The molecule has 0 aliphatic rings.